The molecule has 1 aromatic carbocycles. The Morgan fingerprint density at radius 2 is 1.83 bits per heavy atom. The molecular weight excluding hydrogens is 304 g/mol. The third-order valence-electron chi connectivity index (χ3n) is 5.17. The summed E-state index contributed by atoms with van der Waals surface area (Å²) in [5.74, 6) is -0.867. The highest BCUT2D eigenvalue weighted by Gasteiger charge is 2.56. The van der Waals surface area contributed by atoms with E-state index in [1.165, 1.54) is 7.11 Å². The summed E-state index contributed by atoms with van der Waals surface area (Å²) in [7, 11) is 1.38. The van der Waals surface area contributed by atoms with Crippen molar-refractivity contribution in [2.24, 2.45) is 5.92 Å². The Morgan fingerprint density at radius 3 is 2.38 bits per heavy atom. The molecule has 0 saturated carbocycles. The normalized spacial score (nSPS) is 27.5. The molecule has 1 saturated heterocycles. The fourth-order valence-corrected chi connectivity index (χ4v) is 4.03. The van der Waals surface area contributed by atoms with Crippen LogP contribution >= 0.6 is 0 Å². The van der Waals surface area contributed by atoms with Crippen LogP contribution in [0.4, 0.5) is 0 Å². The van der Waals surface area contributed by atoms with E-state index in [9.17, 15) is 10.0 Å². The first kappa shape index (κ1) is 18.9. The molecule has 1 aliphatic heterocycles. The average molecular weight is 333 g/mol. The van der Waals surface area contributed by atoms with Crippen molar-refractivity contribution in [2.75, 3.05) is 7.11 Å². The average Bonchev–Trinajstić information content (AvgIpc) is 2.53. The van der Waals surface area contributed by atoms with Crippen molar-refractivity contribution in [2.45, 2.75) is 64.2 Å². The molecule has 5 nitrogen and oxygen atoms in total. The summed E-state index contributed by atoms with van der Waals surface area (Å²) in [6.45, 7) is 9.58. The molecular formula is C19H29N2O3. The van der Waals surface area contributed by atoms with Crippen LogP contribution in [0, 0.1) is 5.92 Å². The van der Waals surface area contributed by atoms with Gasteiger partial charge in [0.05, 0.1) is 18.6 Å². The third-order valence-corrected chi connectivity index (χ3v) is 5.17. The largest absolute Gasteiger partial charge is 0.469 e. The Balaban J connectivity index is 2.32. The first-order valence-corrected chi connectivity index (χ1v) is 8.47. The van der Waals surface area contributed by atoms with E-state index in [1.54, 1.807) is 0 Å². The van der Waals surface area contributed by atoms with Crippen LogP contribution in [-0.4, -0.2) is 35.3 Å². The number of rotatable bonds is 4. The second kappa shape index (κ2) is 6.82. The van der Waals surface area contributed by atoms with Gasteiger partial charge in [0.2, 0.25) is 0 Å². The van der Waals surface area contributed by atoms with Crippen LogP contribution < -0.4 is 5.32 Å². The van der Waals surface area contributed by atoms with Crippen molar-refractivity contribution >= 4 is 5.97 Å². The molecule has 0 aliphatic carbocycles. The van der Waals surface area contributed by atoms with Crippen molar-refractivity contribution in [3.63, 3.8) is 0 Å². The van der Waals surface area contributed by atoms with Crippen LogP contribution in [0.25, 0.3) is 0 Å². The molecule has 1 aromatic rings. The molecule has 1 N–H and O–H groups in total. The smallest absolute Gasteiger partial charge is 0.312 e. The van der Waals surface area contributed by atoms with Crippen LogP contribution in [0.2, 0.25) is 0 Å². The van der Waals surface area contributed by atoms with Crippen LogP contribution in [0.5, 0.6) is 0 Å². The van der Waals surface area contributed by atoms with Gasteiger partial charge in [-0.2, -0.15) is 0 Å². The number of hydroxylamine groups is 2. The lowest BCUT2D eigenvalue weighted by Gasteiger charge is -2.54. The number of carbonyl (C=O) groups is 1. The molecule has 0 spiro atoms. The molecule has 1 heterocycles. The SMILES string of the molecule is COC(=O)[C@@H]1[C@H](N[C@@H](C)c2ccccc2)CC(C)(C)N([O])C1(C)C. The quantitative estimate of drug-likeness (QED) is 0.860. The highest BCUT2D eigenvalue weighted by molar-refractivity contribution is 5.75. The van der Waals surface area contributed by atoms with Crippen LogP contribution in [-0.2, 0) is 14.7 Å². The van der Waals surface area contributed by atoms with Crippen molar-refractivity contribution in [1.29, 1.82) is 0 Å². The number of benzene rings is 1. The highest BCUT2D eigenvalue weighted by atomic mass is 16.5. The molecule has 3 atom stereocenters. The van der Waals surface area contributed by atoms with Crippen molar-refractivity contribution in [3.8, 4) is 0 Å². The third kappa shape index (κ3) is 3.48. The maximum atomic E-state index is 12.8. The zero-order valence-electron chi connectivity index (χ0n) is 15.5. The Hall–Kier alpha value is -1.43. The van der Waals surface area contributed by atoms with Crippen molar-refractivity contribution in [1.82, 2.24) is 10.4 Å². The first-order chi connectivity index (χ1) is 11.1. The van der Waals surface area contributed by atoms with Gasteiger partial charge in [-0.3, -0.25) is 4.79 Å². The van der Waals surface area contributed by atoms with Gasteiger partial charge >= 0.3 is 5.97 Å². The fraction of sp³-hybridized carbons (Fsp3) is 0.632. The van der Waals surface area contributed by atoms with Gasteiger partial charge in [-0.15, -0.1) is 10.3 Å². The van der Waals surface area contributed by atoms with Gasteiger partial charge in [0.1, 0.15) is 0 Å². The van der Waals surface area contributed by atoms with E-state index in [0.29, 0.717) is 6.42 Å². The number of carbonyl (C=O) groups excluding carboxylic acids is 1. The number of methoxy groups -OCH3 is 1. The lowest BCUT2D eigenvalue weighted by atomic mass is 9.70. The van der Waals surface area contributed by atoms with E-state index >= 15 is 0 Å². The Labute approximate surface area is 145 Å². The minimum Gasteiger partial charge on any atom is -0.469 e. The van der Waals surface area contributed by atoms with Gasteiger partial charge in [-0.1, -0.05) is 30.3 Å². The summed E-state index contributed by atoms with van der Waals surface area (Å²) in [5.41, 5.74) is -0.244. The molecule has 1 radical (unpaired) electrons. The molecule has 1 fully saturated rings. The summed E-state index contributed by atoms with van der Waals surface area (Å²) in [6, 6.07) is 10.0. The monoisotopic (exact) mass is 333 g/mol. The predicted molar refractivity (Wildman–Crippen MR) is 92.6 cm³/mol. The lowest BCUT2D eigenvalue weighted by molar-refractivity contribution is -0.304. The highest BCUT2D eigenvalue weighted by Crippen LogP contribution is 2.42. The lowest BCUT2D eigenvalue weighted by Crippen LogP contribution is -2.69. The number of esters is 1. The zero-order chi connectivity index (χ0) is 18.1. The second-order valence-corrected chi connectivity index (χ2v) is 7.87. The number of hydrogen-bond donors (Lipinski definition) is 1. The van der Waals surface area contributed by atoms with Crippen LogP contribution in [0.1, 0.15) is 52.6 Å². The minimum atomic E-state index is -0.844. The summed E-state index contributed by atoms with van der Waals surface area (Å²) < 4.78 is 5.01. The number of piperidine rings is 1. The van der Waals surface area contributed by atoms with Gasteiger partial charge in [0, 0.05) is 17.6 Å². The van der Waals surface area contributed by atoms with Gasteiger partial charge in [-0.25, -0.2) is 0 Å². The summed E-state index contributed by atoms with van der Waals surface area (Å²) >= 11 is 0. The molecule has 24 heavy (non-hydrogen) atoms. The van der Waals surface area contributed by atoms with Crippen LogP contribution in [0.15, 0.2) is 30.3 Å². The molecule has 0 unspecified atom stereocenters. The van der Waals surface area contributed by atoms with Crippen LogP contribution in [0.3, 0.4) is 0 Å². The summed E-state index contributed by atoms with van der Waals surface area (Å²) in [4.78, 5) is 12.4. The van der Waals surface area contributed by atoms with Crippen molar-refractivity contribution < 1.29 is 14.7 Å². The minimum absolute atomic E-state index is 0.0770. The Kier molecular flexibility index (Phi) is 5.37. The Bertz CT molecular complexity index is 571. The van der Waals surface area contributed by atoms with Gasteiger partial charge < -0.3 is 10.1 Å². The van der Waals surface area contributed by atoms with Gasteiger partial charge in [0.15, 0.2) is 0 Å². The maximum absolute atomic E-state index is 12.8. The molecule has 1 aliphatic rings. The zero-order valence-corrected chi connectivity index (χ0v) is 15.5. The number of nitrogens with zero attached hydrogens (tertiary/aromatic N) is 1. The number of nitrogens with one attached hydrogen (secondary N) is 1. The molecule has 0 bridgehead atoms. The van der Waals surface area contributed by atoms with E-state index in [1.807, 2.05) is 45.9 Å². The van der Waals surface area contributed by atoms with E-state index in [4.69, 9.17) is 4.74 Å². The van der Waals surface area contributed by atoms with E-state index in [0.717, 1.165) is 10.6 Å². The van der Waals surface area contributed by atoms with Crippen molar-refractivity contribution in [3.05, 3.63) is 35.9 Å². The summed E-state index contributed by atoms with van der Waals surface area (Å²) in [5, 5.41) is 17.4. The van der Waals surface area contributed by atoms with E-state index in [2.05, 4.69) is 24.4 Å². The first-order valence-electron chi connectivity index (χ1n) is 8.47. The van der Waals surface area contributed by atoms with E-state index < -0.39 is 17.0 Å². The van der Waals surface area contributed by atoms with Gasteiger partial charge in [0.25, 0.3) is 0 Å². The van der Waals surface area contributed by atoms with Gasteiger partial charge in [-0.05, 0) is 46.6 Å². The topological polar surface area (TPSA) is 61.5 Å². The predicted octanol–water partition coefficient (Wildman–Crippen LogP) is 3.10. The molecule has 0 aromatic heterocycles. The Morgan fingerprint density at radius 1 is 1.25 bits per heavy atom. The molecule has 0 amide bonds. The second-order valence-electron chi connectivity index (χ2n) is 7.87. The molecule has 5 heteroatoms. The number of hydrogen-bond acceptors (Lipinski definition) is 4. The summed E-state index contributed by atoms with van der Waals surface area (Å²) in [6.07, 6.45) is 0.580. The molecule has 2 rings (SSSR count). The fourth-order valence-electron chi connectivity index (χ4n) is 4.03. The number of ether oxygens (including phenoxy) is 1. The molecule has 133 valence electrons. The standard InChI is InChI=1S/C19H29N2O3/c1-13(14-10-8-7-9-11-14)20-15-12-18(2,3)21(23)19(4,5)16(15)17(22)24-6/h7-11,13,15-16,20H,12H2,1-6H3/t13-,15+,16-/m0/s1. The van der Waals surface area contributed by atoms with E-state index in [-0.39, 0.29) is 18.1 Å². The maximum Gasteiger partial charge on any atom is 0.312 e.